The first-order chi connectivity index (χ1) is 8.11. The van der Waals surface area contributed by atoms with Gasteiger partial charge >= 0.3 is 0 Å². The average Bonchev–Trinajstić information content (AvgIpc) is 2.71. The molecule has 98 valence electrons. The maximum atomic E-state index is 11.5. The molecule has 0 bridgehead atoms. The van der Waals surface area contributed by atoms with Crippen LogP contribution in [-0.2, 0) is 11.3 Å². The number of benzene rings is 1. The van der Waals surface area contributed by atoms with Crippen molar-refractivity contribution in [2.24, 2.45) is 5.73 Å². The molecule has 2 aromatic rings. The monoisotopic (exact) mass is 268 g/mol. The molecule has 1 aromatic carbocycles. The molecule has 0 saturated heterocycles. The van der Waals surface area contributed by atoms with Crippen LogP contribution in [0.15, 0.2) is 24.4 Å². The van der Waals surface area contributed by atoms with Crippen molar-refractivity contribution in [2.45, 2.75) is 26.4 Å². The number of amides is 1. The molecule has 1 heterocycles. The minimum atomic E-state index is -0.512. The number of carbonyl (C=O) groups is 1. The molecule has 2 rings (SSSR count). The number of halogens is 1. The summed E-state index contributed by atoms with van der Waals surface area (Å²) in [5.74, 6) is -0.188. The number of rotatable bonds is 3. The summed E-state index contributed by atoms with van der Waals surface area (Å²) in [6, 6.07) is 5.18. The Balaban J connectivity index is 0.00000162. The van der Waals surface area contributed by atoms with Crippen molar-refractivity contribution >= 4 is 34.9 Å². The predicted molar refractivity (Wildman–Crippen MR) is 74.9 cm³/mol. The quantitative estimate of drug-likeness (QED) is 0.891. The zero-order chi connectivity index (χ0) is 12.4. The Morgan fingerprint density at radius 2 is 2.28 bits per heavy atom. The molecule has 1 aromatic heterocycles. The molecule has 0 aliphatic heterocycles. The van der Waals surface area contributed by atoms with Crippen molar-refractivity contribution in [3.63, 3.8) is 0 Å². The standard InChI is InChI=1S/C12H16N4O.ClH/c1-3-16-11-6-10(15-12(17)8(2)13)5-4-9(11)7-14-16;/h4-8H,3,13H2,1-2H3,(H,15,17);1H/t8-;/m0./s1. The average molecular weight is 269 g/mol. The van der Waals surface area contributed by atoms with E-state index >= 15 is 0 Å². The fourth-order valence-electron chi connectivity index (χ4n) is 1.66. The van der Waals surface area contributed by atoms with Crippen molar-refractivity contribution in [2.75, 3.05) is 5.32 Å². The van der Waals surface area contributed by atoms with Crippen LogP contribution >= 0.6 is 12.4 Å². The molecule has 0 unspecified atom stereocenters. The predicted octanol–water partition coefficient (Wildman–Crippen LogP) is 1.76. The van der Waals surface area contributed by atoms with Gasteiger partial charge in [-0.15, -0.1) is 12.4 Å². The smallest absolute Gasteiger partial charge is 0.240 e. The Morgan fingerprint density at radius 1 is 1.56 bits per heavy atom. The lowest BCUT2D eigenvalue weighted by Gasteiger charge is -2.08. The summed E-state index contributed by atoms with van der Waals surface area (Å²) in [5, 5.41) is 8.08. The number of carbonyl (C=O) groups excluding carboxylic acids is 1. The zero-order valence-corrected chi connectivity index (χ0v) is 11.2. The van der Waals surface area contributed by atoms with Crippen LogP contribution in [-0.4, -0.2) is 21.7 Å². The van der Waals surface area contributed by atoms with Gasteiger partial charge in [-0.25, -0.2) is 0 Å². The van der Waals surface area contributed by atoms with E-state index in [1.165, 1.54) is 0 Å². The van der Waals surface area contributed by atoms with Crippen LogP contribution in [0, 0.1) is 0 Å². The molecule has 0 aliphatic carbocycles. The van der Waals surface area contributed by atoms with Crippen LogP contribution in [0.2, 0.25) is 0 Å². The molecule has 0 fully saturated rings. The SMILES string of the molecule is CCn1ncc2ccc(NC(=O)[C@H](C)N)cc21.Cl. The Kier molecular flexibility index (Phi) is 4.69. The number of aryl methyl sites for hydroxylation is 1. The molecule has 0 saturated carbocycles. The number of hydrogen-bond donors (Lipinski definition) is 2. The van der Waals surface area contributed by atoms with Gasteiger partial charge in [-0.1, -0.05) is 0 Å². The van der Waals surface area contributed by atoms with Gasteiger partial charge in [-0.2, -0.15) is 5.10 Å². The van der Waals surface area contributed by atoms with E-state index in [0.717, 1.165) is 23.1 Å². The van der Waals surface area contributed by atoms with E-state index in [4.69, 9.17) is 5.73 Å². The number of nitrogens with zero attached hydrogens (tertiary/aromatic N) is 2. The van der Waals surface area contributed by atoms with Crippen molar-refractivity contribution in [1.29, 1.82) is 0 Å². The van der Waals surface area contributed by atoms with Gasteiger partial charge in [0, 0.05) is 17.6 Å². The van der Waals surface area contributed by atoms with Crippen LogP contribution in [0.25, 0.3) is 10.9 Å². The second kappa shape index (κ2) is 5.84. The largest absolute Gasteiger partial charge is 0.325 e. The lowest BCUT2D eigenvalue weighted by molar-refractivity contribution is -0.117. The minimum absolute atomic E-state index is 0. The molecule has 1 amide bonds. The summed E-state index contributed by atoms with van der Waals surface area (Å²) in [6.07, 6.45) is 1.82. The highest BCUT2D eigenvalue weighted by Crippen LogP contribution is 2.19. The Bertz CT molecular complexity index is 550. The van der Waals surface area contributed by atoms with Gasteiger partial charge in [0.25, 0.3) is 0 Å². The number of anilines is 1. The summed E-state index contributed by atoms with van der Waals surface area (Å²) >= 11 is 0. The van der Waals surface area contributed by atoms with Gasteiger partial charge < -0.3 is 11.1 Å². The fraction of sp³-hybridized carbons (Fsp3) is 0.333. The molecular weight excluding hydrogens is 252 g/mol. The number of nitrogens with one attached hydrogen (secondary N) is 1. The highest BCUT2D eigenvalue weighted by molar-refractivity contribution is 5.96. The Labute approximate surface area is 112 Å². The summed E-state index contributed by atoms with van der Waals surface area (Å²) in [7, 11) is 0. The number of nitrogens with two attached hydrogens (primary N) is 1. The summed E-state index contributed by atoms with van der Waals surface area (Å²) in [4.78, 5) is 11.5. The second-order valence-electron chi connectivity index (χ2n) is 4.01. The second-order valence-corrected chi connectivity index (χ2v) is 4.01. The molecule has 0 aliphatic rings. The van der Waals surface area contributed by atoms with Crippen LogP contribution in [0.5, 0.6) is 0 Å². The summed E-state index contributed by atoms with van der Waals surface area (Å²) in [6.45, 7) is 4.48. The molecular formula is C12H17ClN4O. The number of fused-ring (bicyclic) bond motifs is 1. The normalized spacial score (nSPS) is 11.9. The topological polar surface area (TPSA) is 72.9 Å². The maximum Gasteiger partial charge on any atom is 0.240 e. The van der Waals surface area contributed by atoms with E-state index in [1.54, 1.807) is 6.92 Å². The molecule has 3 N–H and O–H groups in total. The van der Waals surface area contributed by atoms with Gasteiger partial charge in [0.1, 0.15) is 0 Å². The first kappa shape index (κ1) is 14.5. The van der Waals surface area contributed by atoms with Gasteiger partial charge in [-0.3, -0.25) is 9.48 Å². The van der Waals surface area contributed by atoms with E-state index in [2.05, 4.69) is 10.4 Å². The van der Waals surface area contributed by atoms with Crippen LogP contribution in [0.3, 0.4) is 0 Å². The molecule has 6 heteroatoms. The first-order valence-corrected chi connectivity index (χ1v) is 5.64. The first-order valence-electron chi connectivity index (χ1n) is 5.64. The number of hydrogen-bond acceptors (Lipinski definition) is 3. The lowest BCUT2D eigenvalue weighted by atomic mass is 10.2. The van der Waals surface area contributed by atoms with E-state index in [0.29, 0.717) is 0 Å². The zero-order valence-electron chi connectivity index (χ0n) is 10.4. The van der Waals surface area contributed by atoms with E-state index < -0.39 is 6.04 Å². The van der Waals surface area contributed by atoms with E-state index in [9.17, 15) is 4.79 Å². The lowest BCUT2D eigenvalue weighted by Crippen LogP contribution is -2.32. The Hall–Kier alpha value is -1.59. The van der Waals surface area contributed by atoms with Gasteiger partial charge in [0.15, 0.2) is 0 Å². The highest BCUT2D eigenvalue weighted by Gasteiger charge is 2.08. The molecule has 1 atom stereocenters. The third kappa shape index (κ3) is 2.80. The molecule has 18 heavy (non-hydrogen) atoms. The van der Waals surface area contributed by atoms with Crippen molar-refractivity contribution in [3.05, 3.63) is 24.4 Å². The van der Waals surface area contributed by atoms with E-state index in [-0.39, 0.29) is 18.3 Å². The summed E-state index contributed by atoms with van der Waals surface area (Å²) in [5.41, 5.74) is 7.26. The molecule has 0 spiro atoms. The van der Waals surface area contributed by atoms with Crippen molar-refractivity contribution in [3.8, 4) is 0 Å². The molecule has 0 radical (unpaired) electrons. The number of aromatic nitrogens is 2. The minimum Gasteiger partial charge on any atom is -0.325 e. The maximum absolute atomic E-state index is 11.5. The third-order valence-electron chi connectivity index (χ3n) is 2.63. The highest BCUT2D eigenvalue weighted by atomic mass is 35.5. The Morgan fingerprint density at radius 3 is 2.89 bits per heavy atom. The van der Waals surface area contributed by atoms with E-state index in [1.807, 2.05) is 36.0 Å². The molecule has 5 nitrogen and oxygen atoms in total. The van der Waals surface area contributed by atoms with Gasteiger partial charge in [-0.05, 0) is 32.0 Å². The van der Waals surface area contributed by atoms with Crippen molar-refractivity contribution < 1.29 is 4.79 Å². The summed E-state index contributed by atoms with van der Waals surface area (Å²) < 4.78 is 1.89. The van der Waals surface area contributed by atoms with Gasteiger partial charge in [0.2, 0.25) is 5.91 Å². The third-order valence-corrected chi connectivity index (χ3v) is 2.63. The van der Waals surface area contributed by atoms with Crippen LogP contribution < -0.4 is 11.1 Å². The fourth-order valence-corrected chi connectivity index (χ4v) is 1.66. The van der Waals surface area contributed by atoms with Gasteiger partial charge in [0.05, 0.1) is 17.8 Å². The van der Waals surface area contributed by atoms with Crippen molar-refractivity contribution in [1.82, 2.24) is 9.78 Å². The van der Waals surface area contributed by atoms with Crippen LogP contribution in [0.1, 0.15) is 13.8 Å². The van der Waals surface area contributed by atoms with Crippen LogP contribution in [0.4, 0.5) is 5.69 Å².